The van der Waals surface area contributed by atoms with Gasteiger partial charge < -0.3 is 25.0 Å². The van der Waals surface area contributed by atoms with Crippen LogP contribution in [0.25, 0.3) is 10.9 Å². The summed E-state index contributed by atoms with van der Waals surface area (Å²) < 4.78 is 25.7. The molecule has 0 saturated heterocycles. The Balaban J connectivity index is 1.60. The fourth-order valence-electron chi connectivity index (χ4n) is 3.21. The molecule has 0 saturated carbocycles. The first-order chi connectivity index (χ1) is 16.9. The average molecular weight is 478 g/mol. The van der Waals surface area contributed by atoms with Crippen LogP contribution in [0, 0.1) is 5.82 Å². The number of benzene rings is 2. The number of hydrogen-bond donors (Lipinski definition) is 3. The maximum atomic E-state index is 14.8. The van der Waals surface area contributed by atoms with Crippen LogP contribution in [0.3, 0.4) is 0 Å². The second-order valence-corrected chi connectivity index (χ2v) is 7.73. The molecule has 0 spiro atoms. The van der Waals surface area contributed by atoms with Gasteiger partial charge in [-0.2, -0.15) is 0 Å². The lowest BCUT2D eigenvalue weighted by molar-refractivity contribution is -0.111. The number of methoxy groups -OCH3 is 1. The normalized spacial score (nSPS) is 11.2. The number of carbonyl (C=O) groups is 1. The van der Waals surface area contributed by atoms with E-state index in [9.17, 15) is 9.18 Å². The lowest BCUT2D eigenvalue weighted by Crippen LogP contribution is -2.13. The van der Waals surface area contributed by atoms with Gasteiger partial charge in [-0.25, -0.2) is 14.4 Å². The van der Waals surface area contributed by atoms with Gasteiger partial charge >= 0.3 is 0 Å². The molecule has 0 aliphatic rings. The quantitative estimate of drug-likeness (QED) is 0.309. The summed E-state index contributed by atoms with van der Waals surface area (Å²) in [6, 6.07) is 9.37. The Morgan fingerprint density at radius 2 is 2.03 bits per heavy atom. The SMILES string of the molecule is COc1cc2ncnc(Nc3ccc(Oc4cc[nH]n4)cc3F)c2cc1NC(=O)/C=C/CN(C)C. The Morgan fingerprint density at radius 1 is 1.17 bits per heavy atom. The van der Waals surface area contributed by atoms with Crippen LogP contribution < -0.4 is 20.1 Å². The monoisotopic (exact) mass is 477 g/mol. The molecule has 4 rings (SSSR count). The topological polar surface area (TPSA) is 117 Å². The van der Waals surface area contributed by atoms with E-state index in [1.54, 1.807) is 36.5 Å². The molecule has 35 heavy (non-hydrogen) atoms. The molecule has 3 N–H and O–H groups in total. The molecule has 0 aliphatic carbocycles. The Hall–Kier alpha value is -4.51. The summed E-state index contributed by atoms with van der Waals surface area (Å²) in [6.07, 6.45) is 6.17. The molecule has 0 bridgehead atoms. The van der Waals surface area contributed by atoms with Crippen LogP contribution in [0.4, 0.5) is 21.6 Å². The van der Waals surface area contributed by atoms with Crippen molar-refractivity contribution in [2.45, 2.75) is 0 Å². The van der Waals surface area contributed by atoms with E-state index in [1.165, 1.54) is 31.6 Å². The number of amides is 1. The lowest BCUT2D eigenvalue weighted by atomic mass is 10.1. The number of aromatic amines is 1. The van der Waals surface area contributed by atoms with E-state index in [1.807, 2.05) is 19.0 Å². The lowest BCUT2D eigenvalue weighted by Gasteiger charge is -2.14. The fourth-order valence-corrected chi connectivity index (χ4v) is 3.21. The third kappa shape index (κ3) is 5.89. The van der Waals surface area contributed by atoms with Crippen molar-refractivity contribution in [2.75, 3.05) is 38.4 Å². The van der Waals surface area contributed by atoms with E-state index in [0.29, 0.717) is 46.3 Å². The van der Waals surface area contributed by atoms with Gasteiger partial charge in [0, 0.05) is 42.4 Å². The molecule has 0 atom stereocenters. The van der Waals surface area contributed by atoms with Crippen molar-refractivity contribution in [1.29, 1.82) is 0 Å². The van der Waals surface area contributed by atoms with Crippen molar-refractivity contribution in [2.24, 2.45) is 0 Å². The third-order valence-corrected chi connectivity index (χ3v) is 4.85. The molecule has 0 radical (unpaired) electrons. The summed E-state index contributed by atoms with van der Waals surface area (Å²) in [6.45, 7) is 0.626. The van der Waals surface area contributed by atoms with Crippen LogP contribution in [0.15, 0.2) is 61.1 Å². The molecule has 0 fully saturated rings. The van der Waals surface area contributed by atoms with E-state index in [4.69, 9.17) is 9.47 Å². The van der Waals surface area contributed by atoms with Gasteiger partial charge in [0.25, 0.3) is 0 Å². The molecule has 2 aromatic carbocycles. The number of nitrogens with one attached hydrogen (secondary N) is 3. The van der Waals surface area contributed by atoms with Gasteiger partial charge in [0.2, 0.25) is 11.8 Å². The minimum Gasteiger partial charge on any atom is -0.494 e. The Bertz CT molecular complexity index is 1360. The number of hydrogen-bond acceptors (Lipinski definition) is 8. The molecule has 2 heterocycles. The van der Waals surface area contributed by atoms with Crippen LogP contribution in [0.2, 0.25) is 0 Å². The summed E-state index contributed by atoms with van der Waals surface area (Å²) in [4.78, 5) is 22.8. The number of H-pyrrole nitrogens is 1. The highest BCUT2D eigenvalue weighted by Gasteiger charge is 2.14. The highest BCUT2D eigenvalue weighted by Crippen LogP contribution is 2.34. The molecule has 1 amide bonds. The maximum Gasteiger partial charge on any atom is 0.248 e. The second kappa shape index (κ2) is 10.6. The van der Waals surface area contributed by atoms with Crippen LogP contribution in [-0.2, 0) is 4.79 Å². The molecule has 180 valence electrons. The maximum absolute atomic E-state index is 14.8. The molecule has 2 aromatic heterocycles. The number of aromatic nitrogens is 4. The van der Waals surface area contributed by atoms with E-state index in [2.05, 4.69) is 30.8 Å². The van der Waals surface area contributed by atoms with E-state index < -0.39 is 5.82 Å². The van der Waals surface area contributed by atoms with Crippen molar-refractivity contribution in [1.82, 2.24) is 25.1 Å². The van der Waals surface area contributed by atoms with Gasteiger partial charge in [0.15, 0.2) is 0 Å². The van der Waals surface area contributed by atoms with Crippen LogP contribution in [-0.4, -0.2) is 58.7 Å². The van der Waals surface area contributed by atoms with Gasteiger partial charge in [-0.3, -0.25) is 9.89 Å². The molecule has 11 heteroatoms. The minimum absolute atomic E-state index is 0.187. The standard InChI is InChI=1S/C24H24FN7O3/c1-32(2)10-4-5-22(33)29-20-12-16-19(13-21(20)34-3)26-14-27-24(16)30-18-7-6-15(11-17(18)25)35-23-8-9-28-31-23/h4-9,11-14H,10H2,1-3H3,(H,28,31)(H,29,33)(H,26,27,30)/b5-4+. The first kappa shape index (κ1) is 23.6. The highest BCUT2D eigenvalue weighted by molar-refractivity contribution is 6.03. The van der Waals surface area contributed by atoms with Gasteiger partial charge in [-0.15, -0.1) is 5.10 Å². The highest BCUT2D eigenvalue weighted by atomic mass is 19.1. The second-order valence-electron chi connectivity index (χ2n) is 7.73. The number of halogens is 1. The molecule has 10 nitrogen and oxygen atoms in total. The zero-order valence-electron chi connectivity index (χ0n) is 19.4. The van der Waals surface area contributed by atoms with Gasteiger partial charge in [0.05, 0.1) is 24.0 Å². The molecule has 4 aromatic rings. The van der Waals surface area contributed by atoms with Crippen LogP contribution >= 0.6 is 0 Å². The van der Waals surface area contributed by atoms with Crippen LogP contribution in [0.1, 0.15) is 0 Å². The number of likely N-dealkylation sites (N-methyl/N-ethyl adjacent to an activating group) is 1. The Labute approximate surface area is 200 Å². The molecular formula is C24H24FN7O3. The zero-order valence-corrected chi connectivity index (χ0v) is 19.4. The zero-order chi connectivity index (χ0) is 24.8. The number of ether oxygens (including phenoxy) is 2. The van der Waals surface area contributed by atoms with Crippen LogP contribution in [0.5, 0.6) is 17.4 Å². The predicted octanol–water partition coefficient (Wildman–Crippen LogP) is 4.09. The smallest absolute Gasteiger partial charge is 0.248 e. The van der Waals surface area contributed by atoms with Gasteiger partial charge in [-0.05, 0) is 32.3 Å². The Morgan fingerprint density at radius 3 is 2.74 bits per heavy atom. The number of anilines is 3. The largest absolute Gasteiger partial charge is 0.494 e. The van der Waals surface area contributed by atoms with Crippen molar-refractivity contribution in [3.05, 3.63) is 66.9 Å². The van der Waals surface area contributed by atoms with E-state index in [-0.39, 0.29) is 11.6 Å². The first-order valence-electron chi connectivity index (χ1n) is 10.6. The molecular weight excluding hydrogens is 453 g/mol. The predicted molar refractivity (Wildman–Crippen MR) is 131 cm³/mol. The number of rotatable bonds is 9. The number of carbonyl (C=O) groups excluding carboxylic acids is 1. The van der Waals surface area contributed by atoms with Crippen molar-refractivity contribution >= 4 is 34.0 Å². The van der Waals surface area contributed by atoms with Gasteiger partial charge in [0.1, 0.15) is 29.5 Å². The van der Waals surface area contributed by atoms with Crippen molar-refractivity contribution < 1.29 is 18.7 Å². The average Bonchev–Trinajstić information content (AvgIpc) is 3.33. The summed E-state index contributed by atoms with van der Waals surface area (Å²) in [7, 11) is 5.32. The van der Waals surface area contributed by atoms with Crippen molar-refractivity contribution in [3.8, 4) is 17.4 Å². The summed E-state index contributed by atoms with van der Waals surface area (Å²) >= 11 is 0. The summed E-state index contributed by atoms with van der Waals surface area (Å²) in [5, 5.41) is 12.9. The molecule has 0 aliphatic heterocycles. The first-order valence-corrected chi connectivity index (χ1v) is 10.6. The summed E-state index contributed by atoms with van der Waals surface area (Å²) in [5.41, 5.74) is 1.17. The number of nitrogens with zero attached hydrogens (tertiary/aromatic N) is 4. The van der Waals surface area contributed by atoms with Gasteiger partial charge in [-0.1, -0.05) is 6.08 Å². The Kier molecular flexibility index (Phi) is 7.17. The van der Waals surface area contributed by atoms with E-state index >= 15 is 0 Å². The summed E-state index contributed by atoms with van der Waals surface area (Å²) in [5.74, 6) is 0.558. The third-order valence-electron chi connectivity index (χ3n) is 4.85. The van der Waals surface area contributed by atoms with E-state index in [0.717, 1.165) is 0 Å². The number of fused-ring (bicyclic) bond motifs is 1. The van der Waals surface area contributed by atoms with Crippen molar-refractivity contribution in [3.63, 3.8) is 0 Å². The fraction of sp³-hybridized carbons (Fsp3) is 0.167. The molecule has 0 unspecified atom stereocenters. The minimum atomic E-state index is -0.544.